The highest BCUT2D eigenvalue weighted by Gasteiger charge is 2.10. The van der Waals surface area contributed by atoms with Crippen molar-refractivity contribution in [1.29, 1.82) is 0 Å². The van der Waals surface area contributed by atoms with E-state index in [4.69, 9.17) is 23.2 Å². The molecule has 0 radical (unpaired) electrons. The maximum atomic E-state index is 6.21. The Hall–Kier alpha value is -1.02. The standard InChI is InChI=1S/C16H17Cl2N/c1-12(14-8-5-9-15(17)16(14)18)19-11-10-13-6-3-2-4-7-13/h2-9,12,19H,10-11H2,1H3. The monoisotopic (exact) mass is 293 g/mol. The maximum absolute atomic E-state index is 6.21. The largest absolute Gasteiger partial charge is 0.310 e. The molecular weight excluding hydrogens is 277 g/mol. The SMILES string of the molecule is CC(NCCc1ccccc1)c1cccc(Cl)c1Cl. The van der Waals surface area contributed by atoms with Gasteiger partial charge in [0.1, 0.15) is 0 Å². The van der Waals surface area contributed by atoms with E-state index in [1.807, 2.05) is 24.3 Å². The van der Waals surface area contributed by atoms with Gasteiger partial charge in [0.25, 0.3) is 0 Å². The molecule has 1 nitrogen and oxygen atoms in total. The molecule has 1 unspecified atom stereocenters. The topological polar surface area (TPSA) is 12.0 Å². The Kier molecular flexibility index (Phi) is 5.26. The van der Waals surface area contributed by atoms with Crippen LogP contribution in [0.5, 0.6) is 0 Å². The number of hydrogen-bond donors (Lipinski definition) is 1. The lowest BCUT2D eigenvalue weighted by atomic mass is 10.1. The number of hydrogen-bond acceptors (Lipinski definition) is 1. The maximum Gasteiger partial charge on any atom is 0.0639 e. The van der Waals surface area contributed by atoms with Crippen LogP contribution in [0.15, 0.2) is 48.5 Å². The lowest BCUT2D eigenvalue weighted by molar-refractivity contribution is 0.577. The molecule has 2 aromatic rings. The first-order valence-corrected chi connectivity index (χ1v) is 7.15. The average molecular weight is 294 g/mol. The van der Waals surface area contributed by atoms with Gasteiger partial charge in [0.2, 0.25) is 0 Å². The molecule has 2 rings (SSSR count). The predicted molar refractivity (Wildman–Crippen MR) is 83.0 cm³/mol. The normalized spacial score (nSPS) is 12.4. The zero-order valence-electron chi connectivity index (χ0n) is 10.9. The molecule has 0 spiro atoms. The minimum absolute atomic E-state index is 0.190. The summed E-state index contributed by atoms with van der Waals surface area (Å²) in [6, 6.07) is 16.4. The van der Waals surface area contributed by atoms with E-state index >= 15 is 0 Å². The molecular formula is C16H17Cl2N. The van der Waals surface area contributed by atoms with Gasteiger partial charge in [-0.1, -0.05) is 65.7 Å². The molecule has 0 aliphatic carbocycles. The van der Waals surface area contributed by atoms with Gasteiger partial charge < -0.3 is 5.32 Å². The van der Waals surface area contributed by atoms with Crippen LogP contribution in [0.1, 0.15) is 24.1 Å². The summed E-state index contributed by atoms with van der Waals surface area (Å²) >= 11 is 12.2. The van der Waals surface area contributed by atoms with Crippen molar-refractivity contribution >= 4 is 23.2 Å². The minimum atomic E-state index is 0.190. The number of rotatable bonds is 5. The molecule has 0 heterocycles. The van der Waals surface area contributed by atoms with Gasteiger partial charge in [-0.15, -0.1) is 0 Å². The van der Waals surface area contributed by atoms with Crippen molar-refractivity contribution < 1.29 is 0 Å². The summed E-state index contributed by atoms with van der Waals surface area (Å²) in [5.41, 5.74) is 2.38. The van der Waals surface area contributed by atoms with E-state index in [-0.39, 0.29) is 6.04 Å². The zero-order valence-corrected chi connectivity index (χ0v) is 12.4. The average Bonchev–Trinajstić information content (AvgIpc) is 2.43. The van der Waals surface area contributed by atoms with Crippen LogP contribution in [0.3, 0.4) is 0 Å². The van der Waals surface area contributed by atoms with Crippen LogP contribution in [-0.2, 0) is 6.42 Å². The highest BCUT2D eigenvalue weighted by Crippen LogP contribution is 2.29. The smallest absolute Gasteiger partial charge is 0.0639 e. The van der Waals surface area contributed by atoms with Crippen LogP contribution in [0.4, 0.5) is 0 Å². The van der Waals surface area contributed by atoms with E-state index in [0.29, 0.717) is 10.0 Å². The number of halogens is 2. The van der Waals surface area contributed by atoms with Gasteiger partial charge in [-0.2, -0.15) is 0 Å². The van der Waals surface area contributed by atoms with Crippen LogP contribution in [0, 0.1) is 0 Å². The molecule has 2 aromatic carbocycles. The van der Waals surface area contributed by atoms with Crippen molar-refractivity contribution in [2.24, 2.45) is 0 Å². The van der Waals surface area contributed by atoms with E-state index in [9.17, 15) is 0 Å². The fourth-order valence-corrected chi connectivity index (χ4v) is 2.51. The third-order valence-electron chi connectivity index (χ3n) is 3.15. The van der Waals surface area contributed by atoms with Gasteiger partial charge in [-0.25, -0.2) is 0 Å². The summed E-state index contributed by atoms with van der Waals surface area (Å²) in [7, 11) is 0. The molecule has 0 amide bonds. The summed E-state index contributed by atoms with van der Waals surface area (Å²) in [6.07, 6.45) is 1.00. The van der Waals surface area contributed by atoms with Gasteiger partial charge in [0.15, 0.2) is 0 Å². The van der Waals surface area contributed by atoms with Crippen molar-refractivity contribution in [1.82, 2.24) is 5.32 Å². The first-order valence-electron chi connectivity index (χ1n) is 6.39. The Bertz CT molecular complexity index is 526. The third-order valence-corrected chi connectivity index (χ3v) is 3.99. The van der Waals surface area contributed by atoms with E-state index in [2.05, 4.69) is 36.5 Å². The molecule has 1 N–H and O–H groups in total. The molecule has 0 saturated heterocycles. The van der Waals surface area contributed by atoms with Gasteiger partial charge in [-0.3, -0.25) is 0 Å². The second-order valence-corrected chi connectivity index (χ2v) is 5.34. The molecule has 100 valence electrons. The molecule has 0 aliphatic rings. The van der Waals surface area contributed by atoms with Crippen LogP contribution in [-0.4, -0.2) is 6.54 Å². The minimum Gasteiger partial charge on any atom is -0.310 e. The van der Waals surface area contributed by atoms with Gasteiger partial charge >= 0.3 is 0 Å². The third kappa shape index (κ3) is 3.97. The summed E-state index contributed by atoms with van der Waals surface area (Å²) in [4.78, 5) is 0. The molecule has 0 bridgehead atoms. The van der Waals surface area contributed by atoms with Gasteiger partial charge in [0.05, 0.1) is 10.0 Å². The number of benzene rings is 2. The van der Waals surface area contributed by atoms with Crippen molar-refractivity contribution in [2.45, 2.75) is 19.4 Å². The van der Waals surface area contributed by atoms with Gasteiger partial charge in [-0.05, 0) is 37.1 Å². The van der Waals surface area contributed by atoms with Gasteiger partial charge in [0, 0.05) is 6.04 Å². The van der Waals surface area contributed by atoms with Crippen molar-refractivity contribution in [3.8, 4) is 0 Å². The first kappa shape index (κ1) is 14.4. The van der Waals surface area contributed by atoms with Crippen LogP contribution >= 0.6 is 23.2 Å². The second kappa shape index (κ2) is 6.95. The second-order valence-electron chi connectivity index (χ2n) is 4.55. The Morgan fingerprint density at radius 1 is 1.00 bits per heavy atom. The summed E-state index contributed by atoms with van der Waals surface area (Å²) in [5.74, 6) is 0. The molecule has 0 saturated carbocycles. The molecule has 0 aliphatic heterocycles. The molecule has 1 atom stereocenters. The molecule has 0 aromatic heterocycles. The van der Waals surface area contributed by atoms with Crippen LogP contribution < -0.4 is 5.32 Å². The fraction of sp³-hybridized carbons (Fsp3) is 0.250. The summed E-state index contributed by atoms with van der Waals surface area (Å²) < 4.78 is 0. The van der Waals surface area contributed by atoms with Crippen molar-refractivity contribution in [3.05, 3.63) is 69.7 Å². The highest BCUT2D eigenvalue weighted by molar-refractivity contribution is 6.42. The predicted octanol–water partition coefficient (Wildman–Crippen LogP) is 4.89. The zero-order chi connectivity index (χ0) is 13.7. The number of nitrogens with one attached hydrogen (secondary N) is 1. The Morgan fingerprint density at radius 3 is 2.47 bits per heavy atom. The fourth-order valence-electron chi connectivity index (χ4n) is 2.04. The van der Waals surface area contributed by atoms with E-state index in [1.165, 1.54) is 5.56 Å². The molecule has 19 heavy (non-hydrogen) atoms. The quantitative estimate of drug-likeness (QED) is 0.828. The van der Waals surface area contributed by atoms with E-state index in [1.54, 1.807) is 0 Å². The lowest BCUT2D eigenvalue weighted by Crippen LogP contribution is -2.21. The molecule has 0 fully saturated rings. The van der Waals surface area contributed by atoms with E-state index in [0.717, 1.165) is 18.5 Å². The summed E-state index contributed by atoms with van der Waals surface area (Å²) in [5, 5.41) is 4.72. The lowest BCUT2D eigenvalue weighted by Gasteiger charge is -2.16. The highest BCUT2D eigenvalue weighted by atomic mass is 35.5. The van der Waals surface area contributed by atoms with Crippen molar-refractivity contribution in [2.75, 3.05) is 6.54 Å². The van der Waals surface area contributed by atoms with Crippen LogP contribution in [0.25, 0.3) is 0 Å². The van der Waals surface area contributed by atoms with E-state index < -0.39 is 0 Å². The Balaban J connectivity index is 1.91. The Morgan fingerprint density at radius 2 is 1.74 bits per heavy atom. The first-order chi connectivity index (χ1) is 9.18. The molecule has 3 heteroatoms. The summed E-state index contributed by atoms with van der Waals surface area (Å²) in [6.45, 7) is 3.01. The van der Waals surface area contributed by atoms with Crippen molar-refractivity contribution in [3.63, 3.8) is 0 Å². The van der Waals surface area contributed by atoms with Crippen LogP contribution in [0.2, 0.25) is 10.0 Å². The Labute approximate surface area is 124 Å².